The number of ether oxygens (including phenoxy) is 1. The number of aliphatic hydroxyl groups excluding tert-OH is 1. The van der Waals surface area contributed by atoms with Gasteiger partial charge in [0.25, 0.3) is 0 Å². The summed E-state index contributed by atoms with van der Waals surface area (Å²) in [4.78, 5) is 50.8. The van der Waals surface area contributed by atoms with E-state index in [0.29, 0.717) is 38.1 Å². The number of carbonyl (C=O) groups excluding carboxylic acids is 3. The molecule has 0 spiro atoms. The van der Waals surface area contributed by atoms with Crippen LogP contribution in [0.5, 0.6) is 0 Å². The molecule has 0 aliphatic carbocycles. The quantitative estimate of drug-likeness (QED) is 0.0983. The lowest BCUT2D eigenvalue weighted by Gasteiger charge is -2.25. The molecule has 0 fully saturated rings. The molecular weight excluding hydrogens is 659 g/mol. The molecule has 0 aliphatic rings. The zero-order chi connectivity index (χ0) is 35.0. The van der Waals surface area contributed by atoms with Gasteiger partial charge in [-0.25, -0.2) is 14.6 Å². The van der Waals surface area contributed by atoms with E-state index in [-0.39, 0.29) is 43.8 Å². The second-order valence-corrected chi connectivity index (χ2v) is 14.4. The summed E-state index contributed by atoms with van der Waals surface area (Å²) in [6.45, 7) is 4.38. The molecule has 12 heteroatoms. The van der Waals surface area contributed by atoms with Crippen LogP contribution in [0.15, 0.2) is 77.8 Å². The molecule has 0 radical (unpaired) electrons. The first-order chi connectivity index (χ1) is 23.7. The average molecular weight is 706 g/mol. The highest BCUT2D eigenvalue weighted by Gasteiger charge is 2.26. The number of alkyl carbamates (subject to hydrolysis) is 1. The maximum Gasteiger partial charge on any atom is 0.407 e. The van der Waals surface area contributed by atoms with Crippen molar-refractivity contribution in [3.05, 3.63) is 104 Å². The Bertz CT molecular complexity index is 1570. The van der Waals surface area contributed by atoms with E-state index in [0.717, 1.165) is 26.7 Å². The fourth-order valence-electron chi connectivity index (χ4n) is 5.55. The number of benzene rings is 2. The van der Waals surface area contributed by atoms with Gasteiger partial charge in [0.05, 0.1) is 33.7 Å². The van der Waals surface area contributed by atoms with Crippen molar-refractivity contribution in [2.45, 2.75) is 83.5 Å². The second-order valence-electron chi connectivity index (χ2n) is 12.6. The van der Waals surface area contributed by atoms with Gasteiger partial charge in [0.15, 0.2) is 5.78 Å². The molecule has 3 amide bonds. The predicted octanol–water partition coefficient (Wildman–Crippen LogP) is 6.75. The van der Waals surface area contributed by atoms with Gasteiger partial charge in [0.2, 0.25) is 0 Å². The van der Waals surface area contributed by atoms with Crippen molar-refractivity contribution in [1.82, 2.24) is 25.5 Å². The third kappa shape index (κ3) is 13.0. The number of nitrogens with one attached hydrogen (secondary N) is 2. The summed E-state index contributed by atoms with van der Waals surface area (Å²) in [5.74, 6) is 0.105. The van der Waals surface area contributed by atoms with Crippen LogP contribution in [0.4, 0.5) is 9.59 Å². The first-order valence-electron chi connectivity index (χ1n) is 16.7. The van der Waals surface area contributed by atoms with Gasteiger partial charge < -0.3 is 25.4 Å². The van der Waals surface area contributed by atoms with Crippen molar-refractivity contribution in [2.24, 2.45) is 5.92 Å². The topological polar surface area (TPSA) is 134 Å². The van der Waals surface area contributed by atoms with E-state index in [1.54, 1.807) is 30.1 Å². The number of hydrogen-bond acceptors (Lipinski definition) is 9. The van der Waals surface area contributed by atoms with Crippen LogP contribution < -0.4 is 10.6 Å². The Balaban J connectivity index is 1.42. The first-order valence-corrected chi connectivity index (χ1v) is 18.4. The largest absolute Gasteiger partial charge is 0.444 e. The maximum absolute atomic E-state index is 13.8. The Labute approximate surface area is 297 Å². The third-order valence-corrected chi connectivity index (χ3v) is 10.1. The van der Waals surface area contributed by atoms with Gasteiger partial charge >= 0.3 is 12.1 Å². The molecule has 2 aromatic carbocycles. The number of carbonyl (C=O) groups is 3. The van der Waals surface area contributed by atoms with Crippen LogP contribution >= 0.6 is 22.7 Å². The Hall–Kier alpha value is -4.13. The van der Waals surface area contributed by atoms with Crippen LogP contribution in [0.1, 0.15) is 72.2 Å². The molecule has 0 aliphatic heterocycles. The molecule has 10 nitrogen and oxygen atoms in total. The standard InChI is InChI=1S/C37H47N5O5S2/c1-26(2)35-39-31(24-48-35)22-42(3)36(45)41-33(16-17-43)34(44)20-29(18-27-10-6-4-7-11-27)14-15-30(19-28-12-8-5-9-13-28)40-37(46)47-23-32-21-38-25-49-32/h4-13,21,24-26,29-30,33,43H,14-20,22-23H2,1-3H3,(H,40,46)(H,41,45). The lowest BCUT2D eigenvalue weighted by atomic mass is 9.86. The second kappa shape index (κ2) is 19.8. The van der Waals surface area contributed by atoms with E-state index in [9.17, 15) is 19.5 Å². The zero-order valence-corrected chi connectivity index (χ0v) is 30.1. The number of thiazole rings is 2. The van der Waals surface area contributed by atoms with E-state index in [4.69, 9.17) is 4.74 Å². The Morgan fingerprint density at radius 1 is 0.918 bits per heavy atom. The molecule has 4 rings (SSSR count). The Kier molecular flexibility index (Phi) is 15.2. The lowest BCUT2D eigenvalue weighted by molar-refractivity contribution is -0.122. The molecule has 0 saturated heterocycles. The number of nitrogens with zero attached hydrogens (tertiary/aromatic N) is 3. The minimum Gasteiger partial charge on any atom is -0.444 e. The lowest BCUT2D eigenvalue weighted by Crippen LogP contribution is -2.47. The minimum atomic E-state index is -0.833. The normalized spacial score (nSPS) is 13.0. The molecule has 2 heterocycles. The van der Waals surface area contributed by atoms with Gasteiger partial charge in [-0.2, -0.15) is 0 Å². The highest BCUT2D eigenvalue weighted by Crippen LogP contribution is 2.23. The number of ketones is 1. The summed E-state index contributed by atoms with van der Waals surface area (Å²) in [5, 5.41) is 18.7. The van der Waals surface area contributed by atoms with Gasteiger partial charge in [0.1, 0.15) is 6.61 Å². The van der Waals surface area contributed by atoms with Gasteiger partial charge in [-0.15, -0.1) is 22.7 Å². The number of aliphatic hydroxyl groups is 1. The Morgan fingerprint density at radius 2 is 1.61 bits per heavy atom. The van der Waals surface area contributed by atoms with Crippen molar-refractivity contribution in [3.63, 3.8) is 0 Å². The molecule has 3 atom stereocenters. The third-order valence-electron chi connectivity index (χ3n) is 8.17. The van der Waals surface area contributed by atoms with Crippen molar-refractivity contribution < 1.29 is 24.2 Å². The molecule has 3 N–H and O–H groups in total. The van der Waals surface area contributed by atoms with Crippen molar-refractivity contribution >= 4 is 40.6 Å². The van der Waals surface area contributed by atoms with Crippen molar-refractivity contribution in [1.29, 1.82) is 0 Å². The van der Waals surface area contributed by atoms with E-state index in [1.807, 2.05) is 66.0 Å². The summed E-state index contributed by atoms with van der Waals surface area (Å²) in [5.41, 5.74) is 4.68. The molecule has 0 bridgehead atoms. The molecule has 262 valence electrons. The van der Waals surface area contributed by atoms with Crippen LogP contribution in [0.2, 0.25) is 0 Å². The fraction of sp³-hybridized carbons (Fsp3) is 0.432. The van der Waals surface area contributed by atoms with E-state index in [2.05, 4.69) is 34.4 Å². The van der Waals surface area contributed by atoms with E-state index in [1.165, 1.54) is 16.2 Å². The molecular formula is C37H47N5O5S2. The number of Topliss-reactive ketones (excluding diaryl/α,β-unsaturated/α-hetero) is 1. The van der Waals surface area contributed by atoms with Gasteiger partial charge in [0, 0.05) is 43.6 Å². The molecule has 3 unspecified atom stereocenters. The number of urea groups is 1. The minimum absolute atomic E-state index is 0.0662. The van der Waals surface area contributed by atoms with Gasteiger partial charge in [-0.3, -0.25) is 9.78 Å². The van der Waals surface area contributed by atoms with Crippen LogP contribution in [0.3, 0.4) is 0 Å². The number of aromatic nitrogens is 2. The molecule has 0 saturated carbocycles. The predicted molar refractivity (Wildman–Crippen MR) is 194 cm³/mol. The molecule has 49 heavy (non-hydrogen) atoms. The molecule has 4 aromatic rings. The van der Waals surface area contributed by atoms with Crippen LogP contribution in [0, 0.1) is 5.92 Å². The highest BCUT2D eigenvalue weighted by molar-refractivity contribution is 7.09. The van der Waals surface area contributed by atoms with Crippen LogP contribution in [-0.4, -0.2) is 63.6 Å². The van der Waals surface area contributed by atoms with Crippen LogP contribution in [0.25, 0.3) is 0 Å². The Morgan fingerprint density at radius 3 is 2.22 bits per heavy atom. The summed E-state index contributed by atoms with van der Waals surface area (Å²) < 4.78 is 5.48. The van der Waals surface area contributed by atoms with Gasteiger partial charge in [-0.1, -0.05) is 74.5 Å². The zero-order valence-electron chi connectivity index (χ0n) is 28.4. The smallest absolute Gasteiger partial charge is 0.407 e. The van der Waals surface area contributed by atoms with Crippen LogP contribution in [-0.2, 0) is 35.5 Å². The number of amides is 3. The highest BCUT2D eigenvalue weighted by atomic mass is 32.1. The maximum atomic E-state index is 13.8. The summed E-state index contributed by atoms with van der Waals surface area (Å²) in [7, 11) is 1.67. The van der Waals surface area contributed by atoms with E-state index < -0.39 is 18.2 Å². The fourth-order valence-corrected chi connectivity index (χ4v) is 6.88. The number of rotatable bonds is 19. The van der Waals surface area contributed by atoms with E-state index >= 15 is 0 Å². The van der Waals surface area contributed by atoms with Gasteiger partial charge in [-0.05, 0) is 49.1 Å². The number of hydrogen-bond donors (Lipinski definition) is 3. The average Bonchev–Trinajstić information content (AvgIpc) is 3.80. The first kappa shape index (κ1) is 37.7. The SMILES string of the molecule is CC(C)c1nc(CN(C)C(=O)NC(CCO)C(=O)CC(CCC(Cc2ccccc2)NC(=O)OCc2cncs2)Cc2ccccc2)cs1. The monoisotopic (exact) mass is 705 g/mol. The van der Waals surface area contributed by atoms with Crippen molar-refractivity contribution in [3.8, 4) is 0 Å². The summed E-state index contributed by atoms with van der Waals surface area (Å²) >= 11 is 2.99. The van der Waals surface area contributed by atoms with Crippen molar-refractivity contribution in [2.75, 3.05) is 13.7 Å². The molecule has 2 aromatic heterocycles. The summed E-state index contributed by atoms with van der Waals surface area (Å²) in [6, 6.07) is 18.5. The summed E-state index contributed by atoms with van der Waals surface area (Å²) in [6.07, 6.45) is 4.03.